The quantitative estimate of drug-likeness (QED) is 0.893. The van der Waals surface area contributed by atoms with Crippen LogP contribution in [0.3, 0.4) is 0 Å². The number of sulfonamides is 1. The number of hydrogen-bond donors (Lipinski definition) is 1. The Morgan fingerprint density at radius 1 is 1.47 bits per heavy atom. The Morgan fingerprint density at radius 3 is 2.79 bits per heavy atom. The van der Waals surface area contributed by atoms with Crippen LogP contribution >= 0.6 is 0 Å². The number of nitrogens with two attached hydrogens (primary N) is 1. The molecule has 0 amide bonds. The third kappa shape index (κ3) is 2.81. The Labute approximate surface area is 114 Å². The second-order valence-electron chi connectivity index (χ2n) is 4.84. The lowest BCUT2D eigenvalue weighted by Gasteiger charge is -2.32. The van der Waals surface area contributed by atoms with Gasteiger partial charge in [-0.2, -0.15) is 4.31 Å². The van der Waals surface area contributed by atoms with E-state index in [0.29, 0.717) is 31.2 Å². The summed E-state index contributed by atoms with van der Waals surface area (Å²) < 4.78 is 32.1. The minimum absolute atomic E-state index is 0.132. The van der Waals surface area contributed by atoms with Gasteiger partial charge in [0.1, 0.15) is 0 Å². The van der Waals surface area contributed by atoms with Crippen molar-refractivity contribution in [3.63, 3.8) is 0 Å². The van der Waals surface area contributed by atoms with Crippen LogP contribution in [0.5, 0.6) is 0 Å². The molecule has 0 aromatic heterocycles. The molecule has 6 heteroatoms. The van der Waals surface area contributed by atoms with Crippen LogP contribution in [-0.4, -0.2) is 38.5 Å². The average molecular weight is 284 g/mol. The summed E-state index contributed by atoms with van der Waals surface area (Å²) in [5.74, 6) is 0. The molecule has 1 unspecified atom stereocenters. The lowest BCUT2D eigenvalue weighted by Crippen LogP contribution is -2.47. The maximum Gasteiger partial charge on any atom is 0.243 e. The molecule has 1 aromatic carbocycles. The summed E-state index contributed by atoms with van der Waals surface area (Å²) in [5, 5.41) is 0. The molecule has 1 aliphatic rings. The van der Waals surface area contributed by atoms with Crippen molar-refractivity contribution in [1.29, 1.82) is 0 Å². The van der Waals surface area contributed by atoms with Gasteiger partial charge in [-0.1, -0.05) is 12.1 Å². The van der Waals surface area contributed by atoms with Crippen molar-refractivity contribution in [1.82, 2.24) is 4.31 Å². The molecule has 5 nitrogen and oxygen atoms in total. The standard InChI is InChI=1S/C13H20N2O3S/c1-10-7-12(8-14)3-4-13(10)19(16,17)15-5-6-18-9-11(15)2/h3-4,7,11H,5-6,8-9,14H2,1-2H3. The Bertz CT molecular complexity index is 557. The smallest absolute Gasteiger partial charge is 0.243 e. The molecule has 1 saturated heterocycles. The van der Waals surface area contributed by atoms with E-state index in [1.54, 1.807) is 19.1 Å². The first kappa shape index (κ1) is 14.5. The van der Waals surface area contributed by atoms with Gasteiger partial charge in [-0.05, 0) is 31.0 Å². The third-order valence-corrected chi connectivity index (χ3v) is 5.54. The summed E-state index contributed by atoms with van der Waals surface area (Å²) in [4.78, 5) is 0.360. The zero-order valence-electron chi connectivity index (χ0n) is 11.3. The zero-order valence-corrected chi connectivity index (χ0v) is 12.1. The lowest BCUT2D eigenvalue weighted by molar-refractivity contribution is 0.0392. The van der Waals surface area contributed by atoms with Crippen molar-refractivity contribution in [2.75, 3.05) is 19.8 Å². The van der Waals surface area contributed by atoms with Gasteiger partial charge in [0.15, 0.2) is 0 Å². The van der Waals surface area contributed by atoms with Gasteiger partial charge in [-0.15, -0.1) is 0 Å². The Hall–Kier alpha value is -0.950. The predicted molar refractivity (Wildman–Crippen MR) is 73.2 cm³/mol. The van der Waals surface area contributed by atoms with Crippen LogP contribution in [0.1, 0.15) is 18.1 Å². The molecule has 0 aliphatic carbocycles. The minimum Gasteiger partial charge on any atom is -0.378 e. The lowest BCUT2D eigenvalue weighted by atomic mass is 10.1. The first-order valence-corrected chi connectivity index (χ1v) is 7.80. The molecule has 0 spiro atoms. The SMILES string of the molecule is Cc1cc(CN)ccc1S(=O)(=O)N1CCOCC1C. The van der Waals surface area contributed by atoms with Gasteiger partial charge >= 0.3 is 0 Å². The molecule has 1 atom stereocenters. The second kappa shape index (κ2) is 5.58. The normalized spacial score (nSPS) is 21.5. The van der Waals surface area contributed by atoms with E-state index in [1.807, 2.05) is 13.0 Å². The van der Waals surface area contributed by atoms with Gasteiger partial charge in [0, 0.05) is 19.1 Å². The van der Waals surface area contributed by atoms with Crippen LogP contribution in [0.25, 0.3) is 0 Å². The summed E-state index contributed by atoms with van der Waals surface area (Å²) in [6.45, 7) is 5.37. The monoisotopic (exact) mass is 284 g/mol. The van der Waals surface area contributed by atoms with Crippen molar-refractivity contribution in [2.24, 2.45) is 5.73 Å². The van der Waals surface area contributed by atoms with Gasteiger partial charge in [0.05, 0.1) is 18.1 Å². The van der Waals surface area contributed by atoms with E-state index in [1.165, 1.54) is 4.31 Å². The number of aryl methyl sites for hydroxylation is 1. The van der Waals surface area contributed by atoms with Gasteiger partial charge in [-0.3, -0.25) is 0 Å². The van der Waals surface area contributed by atoms with Crippen LogP contribution in [0.4, 0.5) is 0 Å². The Morgan fingerprint density at radius 2 is 2.21 bits per heavy atom. The molecule has 2 N–H and O–H groups in total. The van der Waals surface area contributed by atoms with E-state index in [4.69, 9.17) is 10.5 Å². The molecule has 1 aromatic rings. The molecular weight excluding hydrogens is 264 g/mol. The highest BCUT2D eigenvalue weighted by Crippen LogP contribution is 2.24. The minimum atomic E-state index is -3.45. The molecule has 1 aliphatic heterocycles. The maximum atomic E-state index is 12.7. The fourth-order valence-electron chi connectivity index (χ4n) is 2.32. The second-order valence-corrected chi connectivity index (χ2v) is 6.70. The van der Waals surface area contributed by atoms with Gasteiger partial charge in [-0.25, -0.2) is 8.42 Å². The number of benzene rings is 1. The van der Waals surface area contributed by atoms with Gasteiger partial charge in [0.25, 0.3) is 0 Å². The van der Waals surface area contributed by atoms with Crippen LogP contribution in [-0.2, 0) is 21.3 Å². The predicted octanol–water partition coefficient (Wildman–Crippen LogP) is 0.863. The Kier molecular flexibility index (Phi) is 4.25. The molecule has 0 bridgehead atoms. The molecule has 19 heavy (non-hydrogen) atoms. The largest absolute Gasteiger partial charge is 0.378 e. The van der Waals surface area contributed by atoms with Crippen LogP contribution in [0.2, 0.25) is 0 Å². The number of hydrogen-bond acceptors (Lipinski definition) is 4. The fourth-order valence-corrected chi connectivity index (χ4v) is 4.13. The van der Waals surface area contributed by atoms with Crippen molar-refractivity contribution >= 4 is 10.0 Å². The van der Waals surface area contributed by atoms with Crippen LogP contribution < -0.4 is 5.73 Å². The van der Waals surface area contributed by atoms with E-state index in [9.17, 15) is 8.42 Å². The van der Waals surface area contributed by atoms with Gasteiger partial charge in [0.2, 0.25) is 10.0 Å². The van der Waals surface area contributed by atoms with Crippen molar-refractivity contribution in [2.45, 2.75) is 31.3 Å². The van der Waals surface area contributed by atoms with Crippen molar-refractivity contribution in [3.8, 4) is 0 Å². The molecule has 1 fully saturated rings. The number of ether oxygens (including phenoxy) is 1. The molecular formula is C13H20N2O3S. The third-order valence-electron chi connectivity index (χ3n) is 3.37. The zero-order chi connectivity index (χ0) is 14.0. The average Bonchev–Trinajstić information content (AvgIpc) is 2.38. The van der Waals surface area contributed by atoms with Crippen LogP contribution in [0, 0.1) is 6.92 Å². The van der Waals surface area contributed by atoms with Crippen molar-refractivity contribution < 1.29 is 13.2 Å². The first-order valence-electron chi connectivity index (χ1n) is 6.36. The van der Waals surface area contributed by atoms with E-state index < -0.39 is 10.0 Å². The number of rotatable bonds is 3. The van der Waals surface area contributed by atoms with E-state index in [2.05, 4.69) is 0 Å². The molecule has 0 saturated carbocycles. The highest BCUT2D eigenvalue weighted by Gasteiger charge is 2.32. The summed E-state index contributed by atoms with van der Waals surface area (Å²) in [5.41, 5.74) is 7.24. The van der Waals surface area contributed by atoms with Crippen LogP contribution in [0.15, 0.2) is 23.1 Å². The molecule has 106 valence electrons. The highest BCUT2D eigenvalue weighted by molar-refractivity contribution is 7.89. The number of nitrogens with zero attached hydrogens (tertiary/aromatic N) is 1. The van der Waals surface area contributed by atoms with E-state index in [-0.39, 0.29) is 6.04 Å². The van der Waals surface area contributed by atoms with Gasteiger partial charge < -0.3 is 10.5 Å². The topological polar surface area (TPSA) is 72.6 Å². The fraction of sp³-hybridized carbons (Fsp3) is 0.538. The summed E-state index contributed by atoms with van der Waals surface area (Å²) in [6.07, 6.45) is 0. The van der Waals surface area contributed by atoms with E-state index in [0.717, 1.165) is 11.1 Å². The summed E-state index contributed by atoms with van der Waals surface area (Å²) in [7, 11) is -3.45. The van der Waals surface area contributed by atoms with Crippen molar-refractivity contribution in [3.05, 3.63) is 29.3 Å². The maximum absolute atomic E-state index is 12.7. The number of morpholine rings is 1. The summed E-state index contributed by atoms with van der Waals surface area (Å²) >= 11 is 0. The summed E-state index contributed by atoms with van der Waals surface area (Å²) in [6, 6.07) is 5.12. The highest BCUT2D eigenvalue weighted by atomic mass is 32.2. The molecule has 2 rings (SSSR count). The van der Waals surface area contributed by atoms with E-state index >= 15 is 0 Å². The first-order chi connectivity index (χ1) is 8.96. The molecule has 1 heterocycles. The molecule has 0 radical (unpaired) electrons. The Balaban J connectivity index is 2.38.